The molecule has 36 heavy (non-hydrogen) atoms. The van der Waals surface area contributed by atoms with E-state index in [2.05, 4.69) is 72.8 Å². The molecular weight excluding hydrogens is 470 g/mol. The molecule has 0 aromatic heterocycles. The summed E-state index contributed by atoms with van der Waals surface area (Å²) in [7, 11) is -0.184. The Balaban J connectivity index is 1.58. The summed E-state index contributed by atoms with van der Waals surface area (Å²) in [6.07, 6.45) is 1.46. The Morgan fingerprint density at radius 1 is 0.750 bits per heavy atom. The molecule has 0 saturated carbocycles. The molecule has 0 heterocycles. The van der Waals surface area contributed by atoms with Crippen LogP contribution in [-0.2, 0) is 36.4 Å². The summed E-state index contributed by atoms with van der Waals surface area (Å²) in [6, 6.07) is 29.7. The van der Waals surface area contributed by atoms with Gasteiger partial charge < -0.3 is 9.47 Å². The smallest absolute Gasteiger partial charge is 0.320 e. The molecule has 0 amide bonds. The Morgan fingerprint density at radius 3 is 1.75 bits per heavy atom. The molecule has 0 aliphatic rings. The molecule has 5 nitrogen and oxygen atoms in total. The minimum Gasteiger partial charge on any atom is -0.465 e. The summed E-state index contributed by atoms with van der Waals surface area (Å²) >= 11 is 0. The van der Waals surface area contributed by atoms with Gasteiger partial charge in [0, 0.05) is 12.5 Å². The molecule has 0 spiro atoms. The largest absolute Gasteiger partial charge is 0.465 e. The number of carbonyl (C=O) groups is 2. The van der Waals surface area contributed by atoms with E-state index in [9.17, 15) is 9.59 Å². The lowest BCUT2D eigenvalue weighted by Gasteiger charge is -2.26. The number of rotatable bonds is 13. The first-order valence-corrected chi connectivity index (χ1v) is 13.7. The maximum absolute atomic E-state index is 12.4. The molecule has 0 saturated heterocycles. The van der Waals surface area contributed by atoms with Crippen LogP contribution in [0.15, 0.2) is 99.6 Å². The van der Waals surface area contributed by atoms with Gasteiger partial charge in [0.25, 0.3) is 0 Å². The molecule has 190 valence electrons. The Morgan fingerprint density at radius 2 is 1.25 bits per heavy atom. The standard InChI is InChI=1S/C30H36NO4S/c1-4-24(3)31(22-29(32)34-5-2)23-30(33)35-21-20-25-16-18-28(19-17-25)36(26-12-8-6-9-13-26)27-14-10-7-11-15-27/h6-19,24H,4-5,20-23H2,1-3H3/q+1. The highest BCUT2D eigenvalue weighted by molar-refractivity contribution is 7.97. The van der Waals surface area contributed by atoms with Crippen LogP contribution in [0.4, 0.5) is 0 Å². The van der Waals surface area contributed by atoms with E-state index in [1.165, 1.54) is 14.7 Å². The highest BCUT2D eigenvalue weighted by Crippen LogP contribution is 2.31. The Kier molecular flexibility index (Phi) is 11.0. The molecule has 6 heteroatoms. The fourth-order valence-corrected chi connectivity index (χ4v) is 5.89. The number of nitrogens with zero attached hydrogens (tertiary/aromatic N) is 1. The summed E-state index contributed by atoms with van der Waals surface area (Å²) in [5.41, 5.74) is 1.11. The van der Waals surface area contributed by atoms with E-state index < -0.39 is 0 Å². The van der Waals surface area contributed by atoms with Gasteiger partial charge in [-0.3, -0.25) is 14.5 Å². The van der Waals surface area contributed by atoms with Crippen LogP contribution in [0.25, 0.3) is 0 Å². The summed E-state index contributed by atoms with van der Waals surface area (Å²) in [5, 5.41) is 0. The Hall–Kier alpha value is -3.09. The average molecular weight is 507 g/mol. The van der Waals surface area contributed by atoms with Crippen molar-refractivity contribution in [3.8, 4) is 0 Å². The van der Waals surface area contributed by atoms with Crippen molar-refractivity contribution in [1.82, 2.24) is 4.90 Å². The molecule has 3 rings (SSSR count). The zero-order valence-corrected chi connectivity index (χ0v) is 22.2. The molecule has 0 fully saturated rings. The SMILES string of the molecule is CCOC(=O)CN(CC(=O)OCCc1ccc([S+](c2ccccc2)c2ccccc2)cc1)C(C)CC. The number of ether oxygens (including phenoxy) is 2. The van der Waals surface area contributed by atoms with Crippen LogP contribution in [0.3, 0.4) is 0 Å². The van der Waals surface area contributed by atoms with Gasteiger partial charge >= 0.3 is 11.9 Å². The first-order valence-electron chi connectivity index (χ1n) is 12.5. The second-order valence-electron chi connectivity index (χ2n) is 8.51. The van der Waals surface area contributed by atoms with E-state index in [1.807, 2.05) is 30.9 Å². The van der Waals surface area contributed by atoms with Crippen molar-refractivity contribution in [1.29, 1.82) is 0 Å². The van der Waals surface area contributed by atoms with Gasteiger partial charge in [0.15, 0.2) is 14.7 Å². The average Bonchev–Trinajstić information content (AvgIpc) is 2.90. The monoisotopic (exact) mass is 506 g/mol. The van der Waals surface area contributed by atoms with Crippen LogP contribution in [0.1, 0.15) is 32.8 Å². The van der Waals surface area contributed by atoms with Crippen molar-refractivity contribution in [3.63, 3.8) is 0 Å². The molecule has 0 aliphatic heterocycles. The quantitative estimate of drug-likeness (QED) is 0.225. The third-order valence-electron chi connectivity index (χ3n) is 5.95. The molecule has 1 atom stereocenters. The van der Waals surface area contributed by atoms with Gasteiger partial charge in [-0.2, -0.15) is 0 Å². The van der Waals surface area contributed by atoms with E-state index >= 15 is 0 Å². The van der Waals surface area contributed by atoms with Crippen molar-refractivity contribution >= 4 is 22.8 Å². The van der Waals surface area contributed by atoms with Crippen molar-refractivity contribution < 1.29 is 19.1 Å². The molecule has 1 unspecified atom stereocenters. The van der Waals surface area contributed by atoms with Gasteiger partial charge in [-0.25, -0.2) is 0 Å². The van der Waals surface area contributed by atoms with Crippen molar-refractivity contribution in [2.75, 3.05) is 26.3 Å². The summed E-state index contributed by atoms with van der Waals surface area (Å²) in [6.45, 7) is 6.58. The number of benzene rings is 3. The molecular formula is C30H36NO4S+. The Labute approximate surface area is 217 Å². The normalized spacial score (nSPS) is 11.9. The summed E-state index contributed by atoms with van der Waals surface area (Å²) < 4.78 is 10.5. The molecule has 0 radical (unpaired) electrons. The van der Waals surface area contributed by atoms with E-state index in [0.717, 1.165) is 12.0 Å². The summed E-state index contributed by atoms with van der Waals surface area (Å²) in [4.78, 5) is 30.0. The molecule has 3 aromatic carbocycles. The molecule has 0 aliphatic carbocycles. The predicted octanol–water partition coefficient (Wildman–Crippen LogP) is 5.53. The van der Waals surface area contributed by atoms with Gasteiger partial charge in [0.2, 0.25) is 0 Å². The maximum atomic E-state index is 12.4. The van der Waals surface area contributed by atoms with Crippen LogP contribution in [0, 0.1) is 0 Å². The zero-order chi connectivity index (χ0) is 25.8. The van der Waals surface area contributed by atoms with Crippen LogP contribution < -0.4 is 0 Å². The number of esters is 2. The zero-order valence-electron chi connectivity index (χ0n) is 21.4. The second kappa shape index (κ2) is 14.5. The second-order valence-corrected chi connectivity index (χ2v) is 10.5. The van der Waals surface area contributed by atoms with Crippen LogP contribution in [-0.4, -0.2) is 49.2 Å². The lowest BCUT2D eigenvalue weighted by Crippen LogP contribution is -2.41. The molecule has 0 N–H and O–H groups in total. The minimum atomic E-state index is -0.328. The van der Waals surface area contributed by atoms with Gasteiger partial charge in [0.05, 0.1) is 37.2 Å². The number of hydrogen-bond donors (Lipinski definition) is 0. The maximum Gasteiger partial charge on any atom is 0.320 e. The predicted molar refractivity (Wildman–Crippen MR) is 144 cm³/mol. The third kappa shape index (κ3) is 8.25. The van der Waals surface area contributed by atoms with Crippen LogP contribution in [0.2, 0.25) is 0 Å². The third-order valence-corrected chi connectivity index (χ3v) is 8.19. The first-order chi connectivity index (χ1) is 17.5. The van der Waals surface area contributed by atoms with Gasteiger partial charge in [-0.05, 0) is 62.2 Å². The number of carbonyl (C=O) groups excluding carboxylic acids is 2. The minimum absolute atomic E-state index is 0.0731. The lowest BCUT2D eigenvalue weighted by molar-refractivity contribution is -0.149. The van der Waals surface area contributed by atoms with Gasteiger partial charge in [0.1, 0.15) is 0 Å². The number of hydrogen-bond acceptors (Lipinski definition) is 5. The van der Waals surface area contributed by atoms with E-state index in [4.69, 9.17) is 9.47 Å². The topological polar surface area (TPSA) is 55.8 Å². The van der Waals surface area contributed by atoms with Crippen molar-refractivity contribution in [2.24, 2.45) is 0 Å². The van der Waals surface area contributed by atoms with Gasteiger partial charge in [-0.1, -0.05) is 55.5 Å². The van der Waals surface area contributed by atoms with E-state index in [-0.39, 0.29) is 42.0 Å². The highest BCUT2D eigenvalue weighted by atomic mass is 32.2. The lowest BCUT2D eigenvalue weighted by atomic mass is 10.2. The van der Waals surface area contributed by atoms with Crippen LogP contribution >= 0.6 is 0 Å². The fraction of sp³-hybridized carbons (Fsp3) is 0.333. The highest BCUT2D eigenvalue weighted by Gasteiger charge is 2.28. The summed E-state index contributed by atoms with van der Waals surface area (Å²) in [5.74, 6) is -0.651. The van der Waals surface area contributed by atoms with Crippen molar-refractivity contribution in [3.05, 3.63) is 90.5 Å². The molecule has 0 bridgehead atoms. The van der Waals surface area contributed by atoms with Crippen LogP contribution in [0.5, 0.6) is 0 Å². The molecule has 3 aromatic rings. The van der Waals surface area contributed by atoms with E-state index in [0.29, 0.717) is 19.6 Å². The van der Waals surface area contributed by atoms with Crippen molar-refractivity contribution in [2.45, 2.75) is 54.3 Å². The fourth-order valence-electron chi connectivity index (χ4n) is 3.81. The first kappa shape index (κ1) is 27.5. The van der Waals surface area contributed by atoms with E-state index in [1.54, 1.807) is 6.92 Å². The Bertz CT molecular complexity index is 1030. The van der Waals surface area contributed by atoms with Gasteiger partial charge in [-0.15, -0.1) is 0 Å².